The first-order chi connectivity index (χ1) is 7.66. The third-order valence-corrected chi connectivity index (χ3v) is 3.06. The summed E-state index contributed by atoms with van der Waals surface area (Å²) in [6, 6.07) is 10.5. The molecule has 84 valence electrons. The first-order valence-corrected chi connectivity index (χ1v) is 6.09. The van der Waals surface area contributed by atoms with E-state index in [1.54, 1.807) is 0 Å². The first-order valence-electron chi connectivity index (χ1n) is 5.65. The molecule has 1 aromatic heterocycles. The highest BCUT2D eigenvalue weighted by atomic mass is 35.5. The molecule has 2 aromatic rings. The molecule has 2 rings (SSSR count). The Bertz CT molecular complexity index is 479. The van der Waals surface area contributed by atoms with Crippen LogP contribution in [0.2, 0.25) is 0 Å². The molecule has 2 heteroatoms. The van der Waals surface area contributed by atoms with Crippen molar-refractivity contribution in [2.24, 2.45) is 0 Å². The topological polar surface area (TPSA) is 12.9 Å². The largest absolute Gasteiger partial charge is 0.256 e. The maximum Gasteiger partial charge on any atom is 0.0704 e. The summed E-state index contributed by atoms with van der Waals surface area (Å²) >= 11 is 6.03. The van der Waals surface area contributed by atoms with Crippen molar-refractivity contribution in [1.29, 1.82) is 0 Å². The maximum atomic E-state index is 6.03. The van der Waals surface area contributed by atoms with Gasteiger partial charge in [0.05, 0.1) is 5.52 Å². The van der Waals surface area contributed by atoms with E-state index in [1.807, 2.05) is 19.2 Å². The van der Waals surface area contributed by atoms with Crippen LogP contribution in [0.4, 0.5) is 0 Å². The molecule has 16 heavy (non-hydrogen) atoms. The van der Waals surface area contributed by atoms with Crippen LogP contribution in [0.5, 0.6) is 0 Å². The summed E-state index contributed by atoms with van der Waals surface area (Å²) in [5.41, 5.74) is 2.38. The standard InChI is InChI=1S/C14H16ClN/c1-10(8-11(2)15)13-6-5-12-4-3-7-16-14(12)9-13/h3-7,9-11H,8H2,1-2H3. The molecule has 0 aliphatic carbocycles. The Kier molecular flexibility index (Phi) is 3.45. The summed E-state index contributed by atoms with van der Waals surface area (Å²) in [5.74, 6) is 0.485. The molecule has 0 fully saturated rings. The molecular weight excluding hydrogens is 218 g/mol. The van der Waals surface area contributed by atoms with Gasteiger partial charge >= 0.3 is 0 Å². The average molecular weight is 234 g/mol. The van der Waals surface area contributed by atoms with Crippen LogP contribution in [-0.2, 0) is 0 Å². The zero-order valence-electron chi connectivity index (χ0n) is 9.65. The minimum atomic E-state index is 0.217. The van der Waals surface area contributed by atoms with Gasteiger partial charge in [0.2, 0.25) is 0 Å². The number of pyridine rings is 1. The lowest BCUT2D eigenvalue weighted by Gasteiger charge is -2.13. The molecule has 0 aliphatic rings. The zero-order chi connectivity index (χ0) is 11.5. The van der Waals surface area contributed by atoms with Gasteiger partial charge in [-0.05, 0) is 37.0 Å². The summed E-state index contributed by atoms with van der Waals surface area (Å²) < 4.78 is 0. The molecule has 0 amide bonds. The van der Waals surface area contributed by atoms with Crippen LogP contribution in [0.3, 0.4) is 0 Å². The van der Waals surface area contributed by atoms with Gasteiger partial charge < -0.3 is 0 Å². The number of fused-ring (bicyclic) bond motifs is 1. The molecule has 0 spiro atoms. The summed E-state index contributed by atoms with van der Waals surface area (Å²) in [6.07, 6.45) is 2.83. The number of halogens is 1. The molecule has 0 bridgehead atoms. The summed E-state index contributed by atoms with van der Waals surface area (Å²) in [6.45, 7) is 4.25. The van der Waals surface area contributed by atoms with Crippen LogP contribution >= 0.6 is 11.6 Å². The highest BCUT2D eigenvalue weighted by molar-refractivity contribution is 6.20. The van der Waals surface area contributed by atoms with E-state index in [0.717, 1.165) is 11.9 Å². The Labute approximate surface area is 101 Å². The Balaban J connectivity index is 2.32. The number of nitrogens with zero attached hydrogens (tertiary/aromatic N) is 1. The highest BCUT2D eigenvalue weighted by Gasteiger charge is 2.09. The average Bonchev–Trinajstić information content (AvgIpc) is 2.27. The number of hydrogen-bond donors (Lipinski definition) is 0. The summed E-state index contributed by atoms with van der Waals surface area (Å²) in [4.78, 5) is 4.37. The SMILES string of the molecule is CC(Cl)CC(C)c1ccc2cccnc2c1. The number of rotatable bonds is 3. The molecule has 0 saturated carbocycles. The van der Waals surface area contributed by atoms with Gasteiger partial charge in [-0.3, -0.25) is 4.98 Å². The van der Waals surface area contributed by atoms with Crippen LogP contribution in [0.15, 0.2) is 36.5 Å². The fraction of sp³-hybridized carbons (Fsp3) is 0.357. The van der Waals surface area contributed by atoms with Crippen LogP contribution in [-0.4, -0.2) is 10.4 Å². The van der Waals surface area contributed by atoms with Crippen molar-refractivity contribution < 1.29 is 0 Å². The predicted octanol–water partition coefficient (Wildman–Crippen LogP) is 4.36. The summed E-state index contributed by atoms with van der Waals surface area (Å²) in [7, 11) is 0. The lowest BCUT2D eigenvalue weighted by Crippen LogP contribution is -2.00. The second-order valence-electron chi connectivity index (χ2n) is 4.37. The Morgan fingerprint density at radius 2 is 2.06 bits per heavy atom. The van der Waals surface area contributed by atoms with E-state index in [-0.39, 0.29) is 5.38 Å². The number of aromatic nitrogens is 1. The fourth-order valence-corrected chi connectivity index (χ4v) is 2.28. The van der Waals surface area contributed by atoms with E-state index < -0.39 is 0 Å². The van der Waals surface area contributed by atoms with Gasteiger partial charge in [0, 0.05) is 17.0 Å². The zero-order valence-corrected chi connectivity index (χ0v) is 10.4. The third-order valence-electron chi connectivity index (χ3n) is 2.88. The van der Waals surface area contributed by atoms with Crippen molar-refractivity contribution in [3.8, 4) is 0 Å². The number of benzene rings is 1. The molecule has 2 unspecified atom stereocenters. The van der Waals surface area contributed by atoms with Gasteiger partial charge in [-0.25, -0.2) is 0 Å². The first kappa shape index (κ1) is 11.4. The molecule has 0 radical (unpaired) electrons. The molecule has 1 aromatic carbocycles. The van der Waals surface area contributed by atoms with Gasteiger partial charge in [0.1, 0.15) is 0 Å². The number of alkyl halides is 1. The van der Waals surface area contributed by atoms with E-state index >= 15 is 0 Å². The summed E-state index contributed by atoms with van der Waals surface area (Å²) in [5, 5.41) is 1.41. The molecule has 1 nitrogen and oxygen atoms in total. The van der Waals surface area contributed by atoms with Gasteiger partial charge in [-0.2, -0.15) is 0 Å². The van der Waals surface area contributed by atoms with Crippen LogP contribution < -0.4 is 0 Å². The number of hydrogen-bond acceptors (Lipinski definition) is 1. The second kappa shape index (κ2) is 4.84. The van der Waals surface area contributed by atoms with Crippen molar-refractivity contribution in [3.63, 3.8) is 0 Å². The lowest BCUT2D eigenvalue weighted by atomic mass is 9.95. The van der Waals surface area contributed by atoms with Crippen molar-refractivity contribution in [2.45, 2.75) is 31.6 Å². The van der Waals surface area contributed by atoms with E-state index in [9.17, 15) is 0 Å². The Morgan fingerprint density at radius 3 is 2.81 bits per heavy atom. The normalized spacial score (nSPS) is 14.9. The molecule has 1 heterocycles. The van der Waals surface area contributed by atoms with Crippen LogP contribution in [0, 0.1) is 0 Å². The van der Waals surface area contributed by atoms with Crippen molar-refractivity contribution >= 4 is 22.5 Å². The second-order valence-corrected chi connectivity index (χ2v) is 5.12. The quantitative estimate of drug-likeness (QED) is 0.718. The van der Waals surface area contributed by atoms with Crippen LogP contribution in [0.25, 0.3) is 10.9 Å². The smallest absolute Gasteiger partial charge is 0.0704 e. The lowest BCUT2D eigenvalue weighted by molar-refractivity contribution is 0.671. The minimum Gasteiger partial charge on any atom is -0.256 e. The molecule has 2 atom stereocenters. The molecular formula is C14H16ClN. The highest BCUT2D eigenvalue weighted by Crippen LogP contribution is 2.25. The monoisotopic (exact) mass is 233 g/mol. The van der Waals surface area contributed by atoms with E-state index in [4.69, 9.17) is 11.6 Å². The Hall–Kier alpha value is -1.08. The molecule has 0 N–H and O–H groups in total. The van der Waals surface area contributed by atoms with E-state index in [2.05, 4.69) is 36.2 Å². The maximum absolute atomic E-state index is 6.03. The van der Waals surface area contributed by atoms with Crippen molar-refractivity contribution in [3.05, 3.63) is 42.1 Å². The molecule has 0 saturated heterocycles. The van der Waals surface area contributed by atoms with Gasteiger partial charge in [-0.1, -0.05) is 25.1 Å². The van der Waals surface area contributed by atoms with Crippen LogP contribution in [0.1, 0.15) is 31.7 Å². The minimum absolute atomic E-state index is 0.217. The van der Waals surface area contributed by atoms with E-state index in [0.29, 0.717) is 5.92 Å². The van der Waals surface area contributed by atoms with Gasteiger partial charge in [-0.15, -0.1) is 11.6 Å². The van der Waals surface area contributed by atoms with Gasteiger partial charge in [0.15, 0.2) is 0 Å². The van der Waals surface area contributed by atoms with E-state index in [1.165, 1.54) is 10.9 Å². The van der Waals surface area contributed by atoms with Crippen molar-refractivity contribution in [2.75, 3.05) is 0 Å². The van der Waals surface area contributed by atoms with Crippen molar-refractivity contribution in [1.82, 2.24) is 4.98 Å². The third kappa shape index (κ3) is 2.53. The fourth-order valence-electron chi connectivity index (χ4n) is 2.01. The molecule has 0 aliphatic heterocycles. The van der Waals surface area contributed by atoms with Gasteiger partial charge in [0.25, 0.3) is 0 Å². The Morgan fingerprint density at radius 1 is 1.25 bits per heavy atom. The predicted molar refractivity (Wildman–Crippen MR) is 70.1 cm³/mol.